The summed E-state index contributed by atoms with van der Waals surface area (Å²) in [5, 5.41) is 14.3. The van der Waals surface area contributed by atoms with E-state index in [-0.39, 0.29) is 28.1 Å². The van der Waals surface area contributed by atoms with Crippen LogP contribution in [-0.4, -0.2) is 63.9 Å². The van der Waals surface area contributed by atoms with Crippen LogP contribution >= 0.6 is 11.3 Å². The Bertz CT molecular complexity index is 1260. The average molecular weight is 487 g/mol. The van der Waals surface area contributed by atoms with Gasteiger partial charge >= 0.3 is 0 Å². The van der Waals surface area contributed by atoms with Crippen molar-refractivity contribution in [1.82, 2.24) is 10.3 Å². The number of aliphatic imine (C=N–C) groups is 2. The highest BCUT2D eigenvalue weighted by atomic mass is 32.2. The molecule has 0 unspecified atom stereocenters. The lowest BCUT2D eigenvalue weighted by Crippen LogP contribution is -2.22. The first-order chi connectivity index (χ1) is 15.6. The van der Waals surface area contributed by atoms with Gasteiger partial charge in [0.1, 0.15) is 0 Å². The summed E-state index contributed by atoms with van der Waals surface area (Å²) in [5.41, 5.74) is 5.19. The van der Waals surface area contributed by atoms with E-state index in [9.17, 15) is 8.42 Å². The lowest BCUT2D eigenvalue weighted by Gasteiger charge is -2.11. The van der Waals surface area contributed by atoms with Gasteiger partial charge in [0.15, 0.2) is 21.4 Å². The summed E-state index contributed by atoms with van der Waals surface area (Å²) in [4.78, 5) is 11.2. The second-order valence-corrected chi connectivity index (χ2v) is 10.6. The fourth-order valence-corrected chi connectivity index (χ4v) is 5.12. The van der Waals surface area contributed by atoms with Crippen molar-refractivity contribution in [1.29, 1.82) is 5.41 Å². The summed E-state index contributed by atoms with van der Waals surface area (Å²) in [6.07, 6.45) is 0. The molecule has 3 rings (SSSR count). The molecule has 9 nitrogen and oxygen atoms in total. The Balaban J connectivity index is 1.86. The highest BCUT2D eigenvalue weighted by Gasteiger charge is 2.24. The van der Waals surface area contributed by atoms with Gasteiger partial charge in [-0.2, -0.15) is 0 Å². The molecule has 0 atom stereocenters. The van der Waals surface area contributed by atoms with Gasteiger partial charge in [0.25, 0.3) is 5.90 Å². The molecule has 1 aromatic carbocycles. The van der Waals surface area contributed by atoms with Crippen LogP contribution in [0.25, 0.3) is 0 Å². The molecule has 2 heterocycles. The number of amidine groups is 1. The number of rotatable bonds is 8. The third-order valence-electron chi connectivity index (χ3n) is 4.83. The van der Waals surface area contributed by atoms with Gasteiger partial charge in [-0.05, 0) is 69.4 Å². The van der Waals surface area contributed by atoms with Gasteiger partial charge in [-0.1, -0.05) is 12.1 Å². The van der Waals surface area contributed by atoms with Crippen molar-refractivity contribution in [3.8, 4) is 0 Å². The summed E-state index contributed by atoms with van der Waals surface area (Å²) in [6.45, 7) is 7.58. The van der Waals surface area contributed by atoms with Crippen LogP contribution in [0.4, 0.5) is 0 Å². The minimum atomic E-state index is -3.37. The fraction of sp³-hybridized carbons (Fsp3) is 0.273. The van der Waals surface area contributed by atoms with E-state index in [2.05, 4.69) is 27.2 Å². The zero-order chi connectivity index (χ0) is 24.2. The van der Waals surface area contributed by atoms with Crippen LogP contribution in [0.2, 0.25) is 0 Å². The molecule has 0 spiro atoms. The van der Waals surface area contributed by atoms with E-state index < -0.39 is 9.84 Å². The molecule has 0 aliphatic carbocycles. The third kappa shape index (κ3) is 5.81. The maximum atomic E-state index is 12.5. The van der Waals surface area contributed by atoms with Gasteiger partial charge in [-0.3, -0.25) is 5.41 Å². The summed E-state index contributed by atoms with van der Waals surface area (Å²) in [6, 6.07) is 8.47. The summed E-state index contributed by atoms with van der Waals surface area (Å²) < 4.78 is 30.8. The first kappa shape index (κ1) is 24.5. The molecule has 0 fully saturated rings. The molecule has 2 aromatic rings. The maximum absolute atomic E-state index is 12.5. The monoisotopic (exact) mass is 486 g/mol. The Morgan fingerprint density at radius 2 is 1.97 bits per heavy atom. The minimum Gasteiger partial charge on any atom is -0.416 e. The zero-order valence-electron chi connectivity index (χ0n) is 18.9. The predicted molar refractivity (Wildman–Crippen MR) is 133 cm³/mol. The molecule has 174 valence electrons. The summed E-state index contributed by atoms with van der Waals surface area (Å²) >= 11 is 1.50. The van der Waals surface area contributed by atoms with Crippen LogP contribution in [0.3, 0.4) is 0 Å². The number of benzene rings is 1. The summed E-state index contributed by atoms with van der Waals surface area (Å²) in [5.74, 6) is 0.434. The van der Waals surface area contributed by atoms with Gasteiger partial charge in [0, 0.05) is 12.3 Å². The Labute approximate surface area is 197 Å². The fourth-order valence-electron chi connectivity index (χ4n) is 2.88. The maximum Gasteiger partial charge on any atom is 0.255 e. The van der Waals surface area contributed by atoms with Gasteiger partial charge in [-0.15, -0.1) is 16.4 Å². The van der Waals surface area contributed by atoms with E-state index >= 15 is 0 Å². The predicted octanol–water partition coefficient (Wildman–Crippen LogP) is 3.03. The van der Waals surface area contributed by atoms with E-state index in [0.29, 0.717) is 23.7 Å². The van der Waals surface area contributed by atoms with Crippen LogP contribution in [-0.2, 0) is 14.6 Å². The SMILES string of the molecule is C=NC(=N)C(N=C(C)c1ccc(S(=O)(=O)CCN(C)C)cc1)=C1NN=C(c2sccc2C)O1. The molecule has 1 aliphatic heterocycles. The topological polar surface area (TPSA) is 120 Å². The molecule has 33 heavy (non-hydrogen) atoms. The summed E-state index contributed by atoms with van der Waals surface area (Å²) in [7, 11) is 0.289. The quantitative estimate of drug-likeness (QED) is 0.439. The van der Waals surface area contributed by atoms with Crippen LogP contribution in [0.5, 0.6) is 0 Å². The number of aryl methyl sites for hydroxylation is 1. The average Bonchev–Trinajstić information content (AvgIpc) is 3.44. The van der Waals surface area contributed by atoms with Crippen LogP contribution < -0.4 is 5.43 Å². The van der Waals surface area contributed by atoms with Crippen LogP contribution in [0, 0.1) is 12.3 Å². The van der Waals surface area contributed by atoms with E-state index in [1.54, 1.807) is 31.2 Å². The van der Waals surface area contributed by atoms with Crippen molar-refractivity contribution >= 4 is 45.3 Å². The number of thiophene rings is 1. The Kier molecular flexibility index (Phi) is 7.57. The molecule has 1 aliphatic rings. The highest BCUT2D eigenvalue weighted by Crippen LogP contribution is 2.23. The van der Waals surface area contributed by atoms with Gasteiger partial charge in [-0.25, -0.2) is 23.8 Å². The number of sulfone groups is 1. The van der Waals surface area contributed by atoms with Crippen LogP contribution in [0.15, 0.2) is 67.3 Å². The number of nitrogens with zero attached hydrogens (tertiary/aromatic N) is 4. The number of hydrogen-bond donors (Lipinski definition) is 2. The molecule has 1 aromatic heterocycles. The van der Waals surface area contributed by atoms with Crippen molar-refractivity contribution in [2.45, 2.75) is 18.7 Å². The molecule has 0 radical (unpaired) electrons. The lowest BCUT2D eigenvalue weighted by molar-refractivity contribution is 0.412. The molecule has 0 saturated heterocycles. The number of hydrazone groups is 1. The van der Waals surface area contributed by atoms with Gasteiger partial charge < -0.3 is 9.64 Å². The second-order valence-electron chi connectivity index (χ2n) is 7.59. The third-order valence-corrected chi connectivity index (χ3v) is 7.54. The van der Waals surface area contributed by atoms with Crippen molar-refractivity contribution in [3.63, 3.8) is 0 Å². The van der Waals surface area contributed by atoms with Crippen LogP contribution in [0.1, 0.15) is 22.9 Å². The Morgan fingerprint density at radius 3 is 2.55 bits per heavy atom. The molecular formula is C22H26N6O3S2. The van der Waals surface area contributed by atoms with Crippen molar-refractivity contribution in [2.24, 2.45) is 15.1 Å². The smallest absolute Gasteiger partial charge is 0.255 e. The molecule has 11 heteroatoms. The van der Waals surface area contributed by atoms with Crippen molar-refractivity contribution in [3.05, 3.63) is 63.3 Å². The van der Waals surface area contributed by atoms with E-state index in [1.807, 2.05) is 37.4 Å². The van der Waals surface area contributed by atoms with Gasteiger partial charge in [0.05, 0.1) is 15.5 Å². The first-order valence-corrected chi connectivity index (χ1v) is 12.5. The van der Waals surface area contributed by atoms with Crippen molar-refractivity contribution in [2.75, 3.05) is 26.4 Å². The molecular weight excluding hydrogens is 460 g/mol. The van der Waals surface area contributed by atoms with Gasteiger partial charge in [0.2, 0.25) is 5.88 Å². The standard InChI is InChI=1S/C22H26N6O3S2/c1-14-10-12-32-19(14)22-27-26-21(31-22)18(20(23)24-3)25-15(2)16-6-8-17(9-7-16)33(29,30)13-11-28(4)5/h6-10,12,23,26H,3,11,13H2,1-2,4-5H3. The largest absolute Gasteiger partial charge is 0.416 e. The highest BCUT2D eigenvalue weighted by molar-refractivity contribution is 7.91. The van der Waals surface area contributed by atoms with E-state index in [0.717, 1.165) is 10.4 Å². The van der Waals surface area contributed by atoms with E-state index in [1.165, 1.54) is 11.3 Å². The Hall–Kier alpha value is -3.15. The number of hydrogen-bond acceptors (Lipinski definition) is 9. The molecule has 2 N–H and O–H groups in total. The van der Waals surface area contributed by atoms with E-state index in [4.69, 9.17) is 10.1 Å². The molecule has 0 amide bonds. The Morgan fingerprint density at radius 1 is 1.27 bits per heavy atom. The zero-order valence-corrected chi connectivity index (χ0v) is 20.5. The molecule has 0 saturated carbocycles. The second kappa shape index (κ2) is 10.2. The van der Waals surface area contributed by atoms with Crippen molar-refractivity contribution < 1.29 is 13.2 Å². The number of nitrogens with one attached hydrogen (secondary N) is 2. The minimum absolute atomic E-state index is 0.0416. The normalized spacial score (nSPS) is 15.7. The first-order valence-electron chi connectivity index (χ1n) is 10.0. The molecule has 0 bridgehead atoms. The number of ether oxygens (including phenoxy) is 1. The lowest BCUT2D eigenvalue weighted by atomic mass is 10.1.